The summed E-state index contributed by atoms with van der Waals surface area (Å²) in [6.45, 7) is 7.13. The minimum Gasteiger partial charge on any atom is -0.497 e. The van der Waals surface area contributed by atoms with Gasteiger partial charge in [0.2, 0.25) is 11.8 Å². The number of carbonyl (C=O) groups is 2. The van der Waals surface area contributed by atoms with Crippen molar-refractivity contribution in [2.24, 2.45) is 5.92 Å². The van der Waals surface area contributed by atoms with Gasteiger partial charge < -0.3 is 24.4 Å². The molecule has 0 heterocycles. The van der Waals surface area contributed by atoms with Crippen molar-refractivity contribution in [2.45, 2.75) is 46.2 Å². The molecule has 7 nitrogen and oxygen atoms in total. The van der Waals surface area contributed by atoms with E-state index in [1.807, 2.05) is 62.4 Å². The van der Waals surface area contributed by atoms with Crippen molar-refractivity contribution in [3.63, 3.8) is 0 Å². The van der Waals surface area contributed by atoms with Crippen LogP contribution in [0.2, 0.25) is 0 Å². The molecule has 0 saturated carbocycles. The van der Waals surface area contributed by atoms with E-state index >= 15 is 0 Å². The third kappa shape index (κ3) is 8.67. The summed E-state index contributed by atoms with van der Waals surface area (Å²) in [6, 6.07) is 14.3. The molecule has 1 unspecified atom stereocenters. The lowest BCUT2D eigenvalue weighted by atomic mass is 10.1. The zero-order chi connectivity index (χ0) is 24.2. The fourth-order valence-electron chi connectivity index (χ4n) is 3.23. The van der Waals surface area contributed by atoms with Gasteiger partial charge >= 0.3 is 0 Å². The van der Waals surface area contributed by atoms with Crippen LogP contribution in [0, 0.1) is 5.92 Å². The Morgan fingerprint density at radius 1 is 0.939 bits per heavy atom. The molecule has 0 fully saturated rings. The molecule has 0 saturated heterocycles. The topological polar surface area (TPSA) is 77.1 Å². The normalized spacial score (nSPS) is 11.6. The number of hydrogen-bond donors (Lipinski definition) is 1. The van der Waals surface area contributed by atoms with Gasteiger partial charge in [0.1, 0.15) is 23.3 Å². The first-order valence-electron chi connectivity index (χ1n) is 11.3. The predicted molar refractivity (Wildman–Crippen MR) is 129 cm³/mol. The van der Waals surface area contributed by atoms with Gasteiger partial charge in [-0.15, -0.1) is 0 Å². The minimum absolute atomic E-state index is 0.0941. The maximum absolute atomic E-state index is 13.1. The monoisotopic (exact) mass is 456 g/mol. The zero-order valence-electron chi connectivity index (χ0n) is 20.3. The molecule has 0 radical (unpaired) electrons. The molecule has 0 aromatic heterocycles. The summed E-state index contributed by atoms with van der Waals surface area (Å²) in [5, 5.41) is 2.93. The predicted octanol–water partition coefficient (Wildman–Crippen LogP) is 4.05. The van der Waals surface area contributed by atoms with E-state index in [1.54, 1.807) is 26.0 Å². The molecule has 0 bridgehead atoms. The smallest absolute Gasteiger partial charge is 0.242 e. The highest BCUT2D eigenvalue weighted by Gasteiger charge is 2.26. The van der Waals surface area contributed by atoms with E-state index in [0.29, 0.717) is 37.8 Å². The lowest BCUT2D eigenvalue weighted by Crippen LogP contribution is -2.48. The highest BCUT2D eigenvalue weighted by Crippen LogP contribution is 2.19. The maximum atomic E-state index is 13.1. The average Bonchev–Trinajstić information content (AvgIpc) is 2.83. The van der Waals surface area contributed by atoms with E-state index in [-0.39, 0.29) is 18.2 Å². The second-order valence-corrected chi connectivity index (χ2v) is 8.32. The summed E-state index contributed by atoms with van der Waals surface area (Å²) < 4.78 is 16.2. The van der Waals surface area contributed by atoms with Gasteiger partial charge in [0.25, 0.3) is 0 Å². The minimum atomic E-state index is -0.593. The van der Waals surface area contributed by atoms with Crippen molar-refractivity contribution in [3.05, 3.63) is 54.1 Å². The van der Waals surface area contributed by atoms with Crippen molar-refractivity contribution in [1.29, 1.82) is 0 Å². The van der Waals surface area contributed by atoms with Crippen molar-refractivity contribution >= 4 is 11.8 Å². The third-order valence-corrected chi connectivity index (χ3v) is 5.20. The van der Waals surface area contributed by atoms with E-state index in [1.165, 1.54) is 0 Å². The molecule has 0 aliphatic heterocycles. The van der Waals surface area contributed by atoms with Crippen molar-refractivity contribution in [1.82, 2.24) is 10.2 Å². The van der Waals surface area contributed by atoms with Crippen molar-refractivity contribution in [2.75, 3.05) is 27.4 Å². The van der Waals surface area contributed by atoms with E-state index in [0.717, 1.165) is 17.1 Å². The Labute approximate surface area is 197 Å². The lowest BCUT2D eigenvalue weighted by molar-refractivity contribution is -0.140. The lowest BCUT2D eigenvalue weighted by Gasteiger charge is -2.29. The Morgan fingerprint density at radius 2 is 1.61 bits per heavy atom. The highest BCUT2D eigenvalue weighted by atomic mass is 16.5. The Morgan fingerprint density at radius 3 is 2.24 bits per heavy atom. The van der Waals surface area contributed by atoms with Crippen molar-refractivity contribution < 1.29 is 23.8 Å². The number of ether oxygens (including phenoxy) is 3. The number of benzene rings is 2. The molecule has 1 atom stereocenters. The van der Waals surface area contributed by atoms with Crippen LogP contribution in [0.25, 0.3) is 0 Å². The van der Waals surface area contributed by atoms with Crippen LogP contribution in [0.4, 0.5) is 0 Å². The van der Waals surface area contributed by atoms with Crippen LogP contribution in [0.3, 0.4) is 0 Å². The van der Waals surface area contributed by atoms with Crippen LogP contribution in [0.5, 0.6) is 17.2 Å². The maximum Gasteiger partial charge on any atom is 0.242 e. The Hall–Kier alpha value is -3.22. The molecule has 2 amide bonds. The van der Waals surface area contributed by atoms with Gasteiger partial charge in [0, 0.05) is 19.5 Å². The molecule has 180 valence electrons. The molecule has 1 N–H and O–H groups in total. The number of nitrogens with zero attached hydrogens (tertiary/aromatic N) is 1. The number of nitrogens with one attached hydrogen (secondary N) is 1. The highest BCUT2D eigenvalue weighted by molar-refractivity contribution is 5.87. The van der Waals surface area contributed by atoms with Gasteiger partial charge in [-0.05, 0) is 61.2 Å². The fourth-order valence-corrected chi connectivity index (χ4v) is 3.23. The first kappa shape index (κ1) is 26.0. The van der Waals surface area contributed by atoms with Crippen LogP contribution >= 0.6 is 0 Å². The molecular formula is C26H36N2O5. The van der Waals surface area contributed by atoms with Crippen LogP contribution < -0.4 is 19.5 Å². The second-order valence-electron chi connectivity index (χ2n) is 8.32. The summed E-state index contributed by atoms with van der Waals surface area (Å²) in [7, 11) is 3.22. The van der Waals surface area contributed by atoms with Gasteiger partial charge in [0.05, 0.1) is 20.8 Å². The molecule has 0 aliphatic rings. The molecule has 2 rings (SSSR count). The molecule has 0 spiro atoms. The summed E-state index contributed by atoms with van der Waals surface area (Å²) in [5.41, 5.74) is 0.903. The quantitative estimate of drug-likeness (QED) is 0.460. The first-order chi connectivity index (χ1) is 15.8. The molecule has 2 aromatic rings. The molecule has 0 aliphatic carbocycles. The SMILES string of the molecule is COc1ccc(OCCCC(=O)N(Cc2cccc(OC)c2)C(C)C(=O)NCC(C)C)cc1. The average molecular weight is 457 g/mol. The van der Waals surface area contributed by atoms with E-state index in [4.69, 9.17) is 14.2 Å². The van der Waals surface area contributed by atoms with Crippen molar-refractivity contribution in [3.8, 4) is 17.2 Å². The standard InChI is InChI=1S/C26H36N2O5/c1-19(2)17-27-26(30)20(3)28(18-21-8-6-9-24(16-21)32-5)25(29)10-7-15-33-23-13-11-22(31-4)12-14-23/h6,8-9,11-14,16,19-20H,7,10,15,17-18H2,1-5H3,(H,27,30). The van der Waals surface area contributed by atoms with Gasteiger partial charge in [-0.25, -0.2) is 0 Å². The van der Waals surface area contributed by atoms with E-state index in [9.17, 15) is 9.59 Å². The van der Waals surface area contributed by atoms with Crippen LogP contribution in [-0.4, -0.2) is 50.1 Å². The Bertz CT molecular complexity index is 883. The third-order valence-electron chi connectivity index (χ3n) is 5.20. The van der Waals surface area contributed by atoms with Crippen LogP contribution in [0.15, 0.2) is 48.5 Å². The second kappa shape index (κ2) is 13.4. The summed E-state index contributed by atoms with van der Waals surface area (Å²) in [6.07, 6.45) is 0.821. The largest absolute Gasteiger partial charge is 0.497 e. The number of amides is 2. The molecule has 7 heteroatoms. The summed E-state index contributed by atoms with van der Waals surface area (Å²) >= 11 is 0. The van der Waals surface area contributed by atoms with E-state index in [2.05, 4.69) is 5.32 Å². The fraction of sp³-hybridized carbons (Fsp3) is 0.462. The van der Waals surface area contributed by atoms with Gasteiger partial charge in [-0.3, -0.25) is 9.59 Å². The van der Waals surface area contributed by atoms with Gasteiger partial charge in [0.15, 0.2) is 0 Å². The number of carbonyl (C=O) groups excluding carboxylic acids is 2. The van der Waals surface area contributed by atoms with Gasteiger partial charge in [-0.2, -0.15) is 0 Å². The number of rotatable bonds is 13. The molecular weight excluding hydrogens is 420 g/mol. The zero-order valence-corrected chi connectivity index (χ0v) is 20.3. The molecule has 2 aromatic carbocycles. The number of methoxy groups -OCH3 is 2. The first-order valence-corrected chi connectivity index (χ1v) is 11.3. The molecule has 33 heavy (non-hydrogen) atoms. The number of hydrogen-bond acceptors (Lipinski definition) is 5. The summed E-state index contributed by atoms with van der Waals surface area (Å²) in [5.74, 6) is 2.27. The Kier molecular flexibility index (Phi) is 10.5. The van der Waals surface area contributed by atoms with Crippen LogP contribution in [0.1, 0.15) is 39.2 Å². The summed E-state index contributed by atoms with van der Waals surface area (Å²) in [4.78, 5) is 27.5. The Balaban J connectivity index is 2.00. The van der Waals surface area contributed by atoms with Gasteiger partial charge in [-0.1, -0.05) is 26.0 Å². The van der Waals surface area contributed by atoms with E-state index < -0.39 is 6.04 Å². The van der Waals surface area contributed by atoms with Crippen LogP contribution in [-0.2, 0) is 16.1 Å².